The summed E-state index contributed by atoms with van der Waals surface area (Å²) >= 11 is 1.72. The molecule has 1 heterocycles. The topological polar surface area (TPSA) is 24.9 Å². The van der Waals surface area contributed by atoms with Crippen LogP contribution in [0.1, 0.15) is 37.8 Å². The van der Waals surface area contributed by atoms with E-state index in [-0.39, 0.29) is 5.82 Å². The van der Waals surface area contributed by atoms with Crippen molar-refractivity contribution in [1.29, 1.82) is 0 Å². The standard InChI is InChI=1S/C22H21FN2S/c1-13-4-5-15(11-21(13)24-3)10-19-18-8-7-17(23)12-16(18)6-9-20-22(19)26-14(2)25-20/h4-5,7-8,10-12,24H,6,9H2,1-3H3/b19-10-. The Morgan fingerprint density at radius 1 is 1.12 bits per heavy atom. The van der Waals surface area contributed by atoms with E-state index >= 15 is 0 Å². The van der Waals surface area contributed by atoms with Gasteiger partial charge >= 0.3 is 0 Å². The minimum Gasteiger partial charge on any atom is -0.388 e. The molecule has 1 N–H and O–H groups in total. The van der Waals surface area contributed by atoms with E-state index in [4.69, 9.17) is 4.98 Å². The van der Waals surface area contributed by atoms with Gasteiger partial charge in [0.15, 0.2) is 0 Å². The van der Waals surface area contributed by atoms with Crippen molar-refractivity contribution in [2.45, 2.75) is 26.7 Å². The number of thiazole rings is 1. The maximum absolute atomic E-state index is 13.8. The number of anilines is 1. The van der Waals surface area contributed by atoms with E-state index in [1.807, 2.05) is 20.0 Å². The van der Waals surface area contributed by atoms with E-state index in [1.165, 1.54) is 10.4 Å². The number of aromatic nitrogens is 1. The molecule has 132 valence electrons. The molecule has 0 aliphatic heterocycles. The monoisotopic (exact) mass is 364 g/mol. The molecular formula is C22H21FN2S. The second-order valence-electron chi connectivity index (χ2n) is 6.69. The Hall–Kier alpha value is -2.46. The smallest absolute Gasteiger partial charge is 0.123 e. The van der Waals surface area contributed by atoms with Crippen LogP contribution in [0.2, 0.25) is 0 Å². The van der Waals surface area contributed by atoms with Gasteiger partial charge in [-0.3, -0.25) is 0 Å². The van der Waals surface area contributed by atoms with Crippen LogP contribution in [0.25, 0.3) is 11.6 Å². The van der Waals surface area contributed by atoms with E-state index in [0.29, 0.717) is 0 Å². The molecule has 4 heteroatoms. The Morgan fingerprint density at radius 3 is 2.77 bits per heavy atom. The molecule has 0 radical (unpaired) electrons. The fourth-order valence-corrected chi connectivity index (χ4v) is 4.56. The van der Waals surface area contributed by atoms with E-state index in [9.17, 15) is 4.39 Å². The van der Waals surface area contributed by atoms with E-state index in [1.54, 1.807) is 23.5 Å². The van der Waals surface area contributed by atoms with Crippen LogP contribution in [0.15, 0.2) is 36.4 Å². The first kappa shape index (κ1) is 17.0. The average molecular weight is 364 g/mol. The third-order valence-corrected chi connectivity index (χ3v) is 5.93. The molecule has 0 unspecified atom stereocenters. The lowest BCUT2D eigenvalue weighted by molar-refractivity contribution is 0.625. The molecule has 0 atom stereocenters. The zero-order chi connectivity index (χ0) is 18.3. The summed E-state index contributed by atoms with van der Waals surface area (Å²) in [6, 6.07) is 11.5. The van der Waals surface area contributed by atoms with E-state index < -0.39 is 0 Å². The summed E-state index contributed by atoms with van der Waals surface area (Å²) in [5.41, 5.74) is 7.89. The van der Waals surface area contributed by atoms with Gasteiger partial charge in [0.25, 0.3) is 0 Å². The van der Waals surface area contributed by atoms with Crippen molar-refractivity contribution in [3.05, 3.63) is 80.0 Å². The third kappa shape index (κ3) is 3.06. The van der Waals surface area contributed by atoms with Gasteiger partial charge in [-0.25, -0.2) is 9.37 Å². The summed E-state index contributed by atoms with van der Waals surface area (Å²) in [7, 11) is 1.94. The number of nitrogens with zero attached hydrogens (tertiary/aromatic N) is 1. The number of aryl methyl sites for hydroxylation is 4. The molecular weight excluding hydrogens is 343 g/mol. The lowest BCUT2D eigenvalue weighted by Crippen LogP contribution is -1.94. The highest BCUT2D eigenvalue weighted by molar-refractivity contribution is 7.13. The quantitative estimate of drug-likeness (QED) is 0.637. The Morgan fingerprint density at radius 2 is 1.96 bits per heavy atom. The van der Waals surface area contributed by atoms with Gasteiger partial charge in [0.1, 0.15) is 5.82 Å². The fourth-order valence-electron chi connectivity index (χ4n) is 3.57. The second-order valence-corrected chi connectivity index (χ2v) is 7.90. The molecule has 0 saturated heterocycles. The zero-order valence-corrected chi connectivity index (χ0v) is 16.0. The van der Waals surface area contributed by atoms with Crippen LogP contribution < -0.4 is 5.32 Å². The van der Waals surface area contributed by atoms with Crippen molar-refractivity contribution in [2.24, 2.45) is 0 Å². The highest BCUT2D eigenvalue weighted by atomic mass is 32.1. The molecule has 0 spiro atoms. The van der Waals surface area contributed by atoms with Crippen molar-refractivity contribution in [3.63, 3.8) is 0 Å². The molecule has 3 aromatic rings. The number of hydrogen-bond donors (Lipinski definition) is 1. The van der Waals surface area contributed by atoms with Gasteiger partial charge in [-0.1, -0.05) is 18.2 Å². The predicted octanol–water partition coefficient (Wildman–Crippen LogP) is 5.63. The maximum Gasteiger partial charge on any atom is 0.123 e. The lowest BCUT2D eigenvalue weighted by Gasteiger charge is -2.11. The molecule has 0 bridgehead atoms. The molecule has 4 rings (SSSR count). The van der Waals surface area contributed by atoms with Crippen molar-refractivity contribution in [1.82, 2.24) is 4.98 Å². The summed E-state index contributed by atoms with van der Waals surface area (Å²) in [6.07, 6.45) is 3.87. The van der Waals surface area contributed by atoms with Crippen LogP contribution in [0.5, 0.6) is 0 Å². The van der Waals surface area contributed by atoms with Crippen molar-refractivity contribution in [2.75, 3.05) is 12.4 Å². The van der Waals surface area contributed by atoms with Gasteiger partial charge in [0.05, 0.1) is 15.6 Å². The molecule has 0 amide bonds. The Kier molecular flexibility index (Phi) is 4.37. The maximum atomic E-state index is 13.8. The molecule has 0 fully saturated rings. The SMILES string of the molecule is CNc1cc(/C=C2/c3ccc(F)cc3CCc3nc(C)sc32)ccc1C. The van der Waals surface area contributed by atoms with Gasteiger partial charge in [0.2, 0.25) is 0 Å². The number of nitrogens with one attached hydrogen (secondary N) is 1. The minimum absolute atomic E-state index is 0.176. The first-order chi connectivity index (χ1) is 12.5. The Balaban J connectivity index is 1.94. The normalized spacial score (nSPS) is 14.7. The molecule has 2 nitrogen and oxygen atoms in total. The summed E-state index contributed by atoms with van der Waals surface area (Å²) in [5, 5.41) is 4.32. The van der Waals surface area contributed by atoms with Crippen LogP contribution >= 0.6 is 11.3 Å². The van der Waals surface area contributed by atoms with Gasteiger partial charge in [-0.2, -0.15) is 0 Å². The molecule has 1 aliphatic rings. The Bertz CT molecular complexity index is 1020. The zero-order valence-electron chi connectivity index (χ0n) is 15.2. The van der Waals surface area contributed by atoms with Crippen LogP contribution in [0.4, 0.5) is 10.1 Å². The lowest BCUT2D eigenvalue weighted by atomic mass is 9.96. The van der Waals surface area contributed by atoms with Crippen molar-refractivity contribution in [3.8, 4) is 0 Å². The molecule has 0 saturated carbocycles. The van der Waals surface area contributed by atoms with Gasteiger partial charge < -0.3 is 5.32 Å². The first-order valence-electron chi connectivity index (χ1n) is 8.80. The summed E-state index contributed by atoms with van der Waals surface area (Å²) in [5.74, 6) is -0.176. The third-order valence-electron chi connectivity index (χ3n) is 4.88. The number of fused-ring (bicyclic) bond motifs is 2. The number of rotatable bonds is 2. The van der Waals surface area contributed by atoms with Crippen LogP contribution in [-0.2, 0) is 12.8 Å². The summed E-state index contributed by atoms with van der Waals surface area (Å²) in [6.45, 7) is 4.14. The molecule has 1 aromatic heterocycles. The highest BCUT2D eigenvalue weighted by Crippen LogP contribution is 2.38. The van der Waals surface area contributed by atoms with Gasteiger partial charge in [0, 0.05) is 18.3 Å². The van der Waals surface area contributed by atoms with E-state index in [0.717, 1.165) is 51.5 Å². The largest absolute Gasteiger partial charge is 0.388 e. The van der Waals surface area contributed by atoms with Gasteiger partial charge in [-0.15, -0.1) is 11.3 Å². The highest BCUT2D eigenvalue weighted by Gasteiger charge is 2.22. The number of hydrogen-bond acceptors (Lipinski definition) is 3. The van der Waals surface area contributed by atoms with Crippen molar-refractivity contribution >= 4 is 28.7 Å². The Labute approximate surface area is 157 Å². The molecule has 26 heavy (non-hydrogen) atoms. The van der Waals surface area contributed by atoms with Gasteiger partial charge in [-0.05, 0) is 73.2 Å². The number of halogens is 1. The summed E-state index contributed by atoms with van der Waals surface area (Å²) < 4.78 is 13.8. The molecule has 2 aromatic carbocycles. The van der Waals surface area contributed by atoms with Crippen LogP contribution in [0, 0.1) is 19.7 Å². The minimum atomic E-state index is -0.176. The fraction of sp³-hybridized carbons (Fsp3) is 0.227. The number of benzene rings is 2. The molecule has 1 aliphatic carbocycles. The van der Waals surface area contributed by atoms with E-state index in [2.05, 4.69) is 36.5 Å². The average Bonchev–Trinajstić information content (AvgIpc) is 2.94. The van der Waals surface area contributed by atoms with Crippen molar-refractivity contribution < 1.29 is 4.39 Å². The summed E-state index contributed by atoms with van der Waals surface area (Å²) in [4.78, 5) is 5.94. The van der Waals surface area contributed by atoms with Crippen LogP contribution in [0.3, 0.4) is 0 Å². The first-order valence-corrected chi connectivity index (χ1v) is 9.62. The predicted molar refractivity (Wildman–Crippen MR) is 108 cm³/mol. The van der Waals surface area contributed by atoms with Crippen LogP contribution in [-0.4, -0.2) is 12.0 Å². The second kappa shape index (κ2) is 6.69.